The van der Waals surface area contributed by atoms with Gasteiger partial charge >= 0.3 is 5.97 Å². The minimum Gasteiger partial charge on any atom is -0.482 e. The highest BCUT2D eigenvalue weighted by Crippen LogP contribution is 2.12. The third-order valence-electron chi connectivity index (χ3n) is 3.06. The van der Waals surface area contributed by atoms with Gasteiger partial charge in [0.05, 0.1) is 6.54 Å². The minimum absolute atomic E-state index is 0.0399. The Morgan fingerprint density at radius 3 is 2.70 bits per heavy atom. The summed E-state index contributed by atoms with van der Waals surface area (Å²) in [5.41, 5.74) is 1.03. The summed E-state index contributed by atoms with van der Waals surface area (Å²) in [6.45, 7) is 0.675. The molecule has 0 bridgehead atoms. The van der Waals surface area contributed by atoms with E-state index in [0.29, 0.717) is 31.7 Å². The maximum Gasteiger partial charge on any atom is 0.341 e. The van der Waals surface area contributed by atoms with Crippen molar-refractivity contribution in [2.75, 3.05) is 13.2 Å². The molecule has 0 saturated heterocycles. The fraction of sp³-hybridized carbons (Fsp3) is 0.333. The van der Waals surface area contributed by atoms with E-state index >= 15 is 0 Å². The van der Waals surface area contributed by atoms with Crippen molar-refractivity contribution in [3.05, 3.63) is 42.5 Å². The van der Waals surface area contributed by atoms with E-state index in [-0.39, 0.29) is 12.5 Å². The van der Waals surface area contributed by atoms with Crippen molar-refractivity contribution in [2.24, 2.45) is 0 Å². The Morgan fingerprint density at radius 2 is 2.04 bits per heavy atom. The molecule has 0 radical (unpaired) electrons. The lowest BCUT2D eigenvalue weighted by atomic mass is 10.1. The number of rotatable bonds is 9. The second-order valence-corrected chi connectivity index (χ2v) is 4.83. The molecular formula is C15H18N4O4. The number of benzene rings is 1. The number of carboxylic acid groups (broad SMARTS) is 1. The smallest absolute Gasteiger partial charge is 0.341 e. The van der Waals surface area contributed by atoms with Crippen LogP contribution in [0.25, 0.3) is 0 Å². The van der Waals surface area contributed by atoms with Gasteiger partial charge in [0, 0.05) is 13.0 Å². The monoisotopic (exact) mass is 318 g/mol. The maximum absolute atomic E-state index is 11.7. The average molecular weight is 318 g/mol. The second kappa shape index (κ2) is 8.52. The fourth-order valence-corrected chi connectivity index (χ4v) is 1.90. The Hall–Kier alpha value is -2.90. The number of carbonyl (C=O) groups excluding carboxylic acids is 1. The predicted molar refractivity (Wildman–Crippen MR) is 80.9 cm³/mol. The van der Waals surface area contributed by atoms with Crippen molar-refractivity contribution in [1.82, 2.24) is 20.1 Å². The molecule has 23 heavy (non-hydrogen) atoms. The topological polar surface area (TPSA) is 106 Å². The molecule has 2 rings (SSSR count). The molecule has 0 atom stereocenters. The van der Waals surface area contributed by atoms with Crippen LogP contribution in [0, 0.1) is 0 Å². The van der Waals surface area contributed by atoms with E-state index in [4.69, 9.17) is 9.84 Å². The van der Waals surface area contributed by atoms with Gasteiger partial charge in [0.1, 0.15) is 18.4 Å². The van der Waals surface area contributed by atoms with E-state index in [1.165, 1.54) is 6.33 Å². The van der Waals surface area contributed by atoms with Gasteiger partial charge in [0.2, 0.25) is 5.91 Å². The summed E-state index contributed by atoms with van der Waals surface area (Å²) in [4.78, 5) is 25.9. The number of amides is 1. The molecule has 0 aliphatic carbocycles. The number of hydrogen-bond donors (Lipinski definition) is 2. The summed E-state index contributed by atoms with van der Waals surface area (Å²) in [7, 11) is 0. The summed E-state index contributed by atoms with van der Waals surface area (Å²) in [6, 6.07) is 7.12. The highest BCUT2D eigenvalue weighted by molar-refractivity contribution is 5.75. The highest BCUT2D eigenvalue weighted by atomic mass is 16.5. The molecular weight excluding hydrogens is 300 g/mol. The highest BCUT2D eigenvalue weighted by Gasteiger charge is 2.03. The molecule has 1 aromatic carbocycles. The number of aromatic nitrogens is 3. The van der Waals surface area contributed by atoms with Gasteiger partial charge < -0.3 is 15.2 Å². The van der Waals surface area contributed by atoms with Crippen LogP contribution < -0.4 is 10.1 Å². The van der Waals surface area contributed by atoms with Crippen LogP contribution >= 0.6 is 0 Å². The third kappa shape index (κ3) is 6.16. The van der Waals surface area contributed by atoms with Crippen molar-refractivity contribution in [2.45, 2.75) is 19.4 Å². The van der Waals surface area contributed by atoms with Crippen LogP contribution in [0.1, 0.15) is 12.0 Å². The van der Waals surface area contributed by atoms with Crippen molar-refractivity contribution in [3.8, 4) is 5.75 Å². The van der Waals surface area contributed by atoms with Gasteiger partial charge in [-0.2, -0.15) is 5.10 Å². The van der Waals surface area contributed by atoms with Gasteiger partial charge in [-0.15, -0.1) is 0 Å². The van der Waals surface area contributed by atoms with Crippen LogP contribution in [0.4, 0.5) is 0 Å². The van der Waals surface area contributed by atoms with Crippen molar-refractivity contribution < 1.29 is 19.4 Å². The number of nitrogens with one attached hydrogen (secondary N) is 1. The molecule has 2 N–H and O–H groups in total. The SMILES string of the molecule is O=C(O)COc1ccc(CCNC(=O)CCn2cncn2)cc1. The molecule has 8 nitrogen and oxygen atoms in total. The van der Waals surface area contributed by atoms with Crippen molar-refractivity contribution >= 4 is 11.9 Å². The van der Waals surface area contributed by atoms with Gasteiger partial charge in [-0.1, -0.05) is 12.1 Å². The molecule has 1 amide bonds. The molecule has 1 heterocycles. The largest absolute Gasteiger partial charge is 0.482 e. The molecule has 0 saturated carbocycles. The lowest BCUT2D eigenvalue weighted by Crippen LogP contribution is -2.26. The molecule has 0 fully saturated rings. The van der Waals surface area contributed by atoms with Gasteiger partial charge in [-0.05, 0) is 24.1 Å². The Bertz CT molecular complexity index is 625. The average Bonchev–Trinajstić information content (AvgIpc) is 3.05. The molecule has 122 valence electrons. The van der Waals surface area contributed by atoms with E-state index in [9.17, 15) is 9.59 Å². The van der Waals surface area contributed by atoms with Gasteiger partial charge in [-0.25, -0.2) is 9.78 Å². The second-order valence-electron chi connectivity index (χ2n) is 4.83. The van der Waals surface area contributed by atoms with Gasteiger partial charge in [0.25, 0.3) is 0 Å². The summed E-state index contributed by atoms with van der Waals surface area (Å²) < 4.78 is 6.66. The maximum atomic E-state index is 11.7. The van der Waals surface area contributed by atoms with Crippen LogP contribution in [-0.2, 0) is 22.6 Å². The van der Waals surface area contributed by atoms with E-state index in [0.717, 1.165) is 5.56 Å². The quantitative estimate of drug-likeness (QED) is 0.697. The van der Waals surface area contributed by atoms with Crippen molar-refractivity contribution in [1.29, 1.82) is 0 Å². The van der Waals surface area contributed by atoms with E-state index < -0.39 is 5.97 Å². The van der Waals surface area contributed by atoms with Gasteiger partial charge in [0.15, 0.2) is 6.61 Å². The first-order valence-electron chi connectivity index (χ1n) is 7.16. The van der Waals surface area contributed by atoms with Crippen LogP contribution in [0.5, 0.6) is 5.75 Å². The zero-order valence-corrected chi connectivity index (χ0v) is 12.5. The van der Waals surface area contributed by atoms with Crippen LogP contribution in [0.3, 0.4) is 0 Å². The first-order chi connectivity index (χ1) is 11.1. The van der Waals surface area contributed by atoms with E-state index in [1.807, 2.05) is 12.1 Å². The van der Waals surface area contributed by atoms with E-state index in [1.54, 1.807) is 23.1 Å². The summed E-state index contributed by atoms with van der Waals surface area (Å²) in [6.07, 6.45) is 4.04. The molecule has 8 heteroatoms. The number of carbonyl (C=O) groups is 2. The molecule has 0 unspecified atom stereocenters. The Morgan fingerprint density at radius 1 is 1.26 bits per heavy atom. The van der Waals surface area contributed by atoms with Crippen LogP contribution in [0.15, 0.2) is 36.9 Å². The van der Waals surface area contributed by atoms with Crippen molar-refractivity contribution in [3.63, 3.8) is 0 Å². The fourth-order valence-electron chi connectivity index (χ4n) is 1.90. The third-order valence-corrected chi connectivity index (χ3v) is 3.06. The molecule has 0 spiro atoms. The zero-order chi connectivity index (χ0) is 16.5. The summed E-state index contributed by atoms with van der Waals surface area (Å²) in [5, 5.41) is 15.3. The standard InChI is InChI=1S/C15H18N4O4/c20-14(6-8-19-11-16-10-18-19)17-7-5-12-1-3-13(4-2-12)23-9-15(21)22/h1-4,10-11H,5-9H2,(H,17,20)(H,21,22). The van der Waals surface area contributed by atoms with Gasteiger partial charge in [-0.3, -0.25) is 9.48 Å². The van der Waals surface area contributed by atoms with E-state index in [2.05, 4.69) is 15.4 Å². The summed E-state index contributed by atoms with van der Waals surface area (Å²) >= 11 is 0. The first kappa shape index (κ1) is 16.5. The lowest BCUT2D eigenvalue weighted by molar-refractivity contribution is -0.139. The number of aliphatic carboxylic acids is 1. The normalized spacial score (nSPS) is 10.3. The molecule has 0 aliphatic rings. The molecule has 0 aliphatic heterocycles. The molecule has 2 aromatic rings. The predicted octanol–water partition coefficient (Wildman–Crippen LogP) is 0.491. The Labute approximate surface area is 133 Å². The number of carboxylic acids is 1. The summed E-state index contributed by atoms with van der Waals surface area (Å²) in [5.74, 6) is -0.544. The Kier molecular flexibility index (Phi) is 6.10. The Balaban J connectivity index is 1.65. The number of hydrogen-bond acceptors (Lipinski definition) is 5. The minimum atomic E-state index is -1.01. The number of nitrogens with zero attached hydrogens (tertiary/aromatic N) is 3. The van der Waals surface area contributed by atoms with Crippen LogP contribution in [-0.4, -0.2) is 44.9 Å². The first-order valence-corrected chi connectivity index (χ1v) is 7.16. The lowest BCUT2D eigenvalue weighted by Gasteiger charge is -2.07. The number of ether oxygens (including phenoxy) is 1. The number of aryl methyl sites for hydroxylation is 1. The zero-order valence-electron chi connectivity index (χ0n) is 12.5. The molecule has 1 aromatic heterocycles. The van der Waals surface area contributed by atoms with Crippen LogP contribution in [0.2, 0.25) is 0 Å².